The summed E-state index contributed by atoms with van der Waals surface area (Å²) >= 11 is -3.75. The molecule has 0 nitrogen and oxygen atoms in total. The third-order valence-corrected chi connectivity index (χ3v) is 25.1. The summed E-state index contributed by atoms with van der Waals surface area (Å²) in [5.74, 6) is -5.93. The molecule has 0 heterocycles. The number of hydrogen-bond acceptors (Lipinski definition) is 0. The molecule has 0 amide bonds. The van der Waals surface area contributed by atoms with Gasteiger partial charge in [-0.05, 0) is 0 Å². The normalized spacial score (nSPS) is 21.4. The first kappa shape index (κ1) is 23.6. The van der Waals surface area contributed by atoms with Crippen molar-refractivity contribution in [3.05, 3.63) is 96.4 Å². The zero-order chi connectivity index (χ0) is 23.8. The Morgan fingerprint density at radius 3 is 2.06 bits per heavy atom. The zero-order valence-electron chi connectivity index (χ0n) is 19.3. The van der Waals surface area contributed by atoms with Gasteiger partial charge in [0.2, 0.25) is 0 Å². The predicted molar refractivity (Wildman–Crippen MR) is 123 cm³/mol. The Kier molecular flexibility index (Phi) is 5.54. The van der Waals surface area contributed by atoms with E-state index < -0.39 is 40.7 Å². The van der Waals surface area contributed by atoms with E-state index in [1.165, 1.54) is 20.0 Å². The molecule has 2 aliphatic carbocycles. The first-order valence-corrected chi connectivity index (χ1v) is 24.4. The van der Waals surface area contributed by atoms with E-state index in [4.69, 9.17) is 0 Å². The van der Waals surface area contributed by atoms with Gasteiger partial charge in [0.05, 0.1) is 0 Å². The summed E-state index contributed by atoms with van der Waals surface area (Å²) in [6.07, 6.45) is 1.99. The van der Waals surface area contributed by atoms with Crippen molar-refractivity contribution >= 4 is 12.5 Å². The molecule has 0 N–H and O–H groups in total. The molecule has 0 spiro atoms. The van der Waals surface area contributed by atoms with Crippen LogP contribution < -0.4 is 0 Å². The minimum atomic E-state index is -3.75. The van der Waals surface area contributed by atoms with Crippen LogP contribution in [0.4, 0.5) is 17.6 Å². The Labute approximate surface area is 189 Å². The Morgan fingerprint density at radius 2 is 1.47 bits per heavy atom. The summed E-state index contributed by atoms with van der Waals surface area (Å²) < 4.78 is 63.0. The van der Waals surface area contributed by atoms with E-state index in [-0.39, 0.29) is 9.19 Å². The van der Waals surface area contributed by atoms with Crippen molar-refractivity contribution in [3.63, 3.8) is 0 Å². The molecule has 6 heteroatoms. The molecule has 2 atom stereocenters. The molecule has 2 aromatic rings. The first-order valence-electron chi connectivity index (χ1n) is 10.9. The van der Waals surface area contributed by atoms with Gasteiger partial charge in [0.15, 0.2) is 0 Å². The van der Waals surface area contributed by atoms with Gasteiger partial charge < -0.3 is 0 Å². The molecule has 0 saturated carbocycles. The number of fused-ring (bicyclic) bond motifs is 1. The van der Waals surface area contributed by atoms with E-state index >= 15 is 0 Å². The fraction of sp³-hybridized carbons (Fsp3) is 0.308. The standard InChI is InChI=1S/C15H7F4.C9H13.2CH3.H2Si.Zr/c16-12-7-11(13(17)15(19)14(12)18)10-6-5-8-3-1-2-4-9(8)10;1-6-5-7(2)9(4)8(6)3;;;;/h1-7H;6H,1-4H3;2*1H3;1H2;. The Hall–Kier alpha value is -1.52. The Balaban J connectivity index is 1.99. The van der Waals surface area contributed by atoms with Gasteiger partial charge in [0, 0.05) is 0 Å². The average Bonchev–Trinajstić information content (AvgIpc) is 3.22. The van der Waals surface area contributed by atoms with Gasteiger partial charge in [0.1, 0.15) is 0 Å². The molecule has 2 unspecified atom stereocenters. The maximum atomic E-state index is 14.8. The molecule has 0 aromatic heterocycles. The summed E-state index contributed by atoms with van der Waals surface area (Å²) in [7, 11) is 0. The second-order valence-corrected chi connectivity index (χ2v) is 39.9. The van der Waals surface area contributed by atoms with Gasteiger partial charge in [-0.25, -0.2) is 0 Å². The maximum absolute atomic E-state index is 14.8. The summed E-state index contributed by atoms with van der Waals surface area (Å²) in [6.45, 7) is 10.9. The Bertz CT molecular complexity index is 1340. The van der Waals surface area contributed by atoms with Crippen LogP contribution >= 0.6 is 0 Å². The van der Waals surface area contributed by atoms with Crippen LogP contribution in [0, 0.1) is 29.2 Å². The van der Waals surface area contributed by atoms with Crippen molar-refractivity contribution in [2.75, 3.05) is 0 Å². The molecule has 0 aliphatic heterocycles. The van der Waals surface area contributed by atoms with Crippen LogP contribution in [0.3, 0.4) is 0 Å². The fourth-order valence-electron chi connectivity index (χ4n) is 5.99. The molecule has 0 bridgehead atoms. The van der Waals surface area contributed by atoms with Crippen LogP contribution in [0.15, 0.2) is 56.4 Å². The second kappa shape index (κ2) is 7.50. The van der Waals surface area contributed by atoms with E-state index in [1.54, 1.807) is 0 Å². The van der Waals surface area contributed by atoms with E-state index in [2.05, 4.69) is 43.8 Å². The number of benzene rings is 2. The topological polar surface area (TPSA) is 0 Å². The average molecular weight is 536 g/mol. The molecular weight excluding hydrogens is 508 g/mol. The van der Waals surface area contributed by atoms with Gasteiger partial charge in [-0.3, -0.25) is 0 Å². The second-order valence-electron chi connectivity index (χ2n) is 10.4. The number of allylic oxidation sites excluding steroid dienone is 5. The molecule has 4 rings (SSSR count). The van der Waals surface area contributed by atoms with Gasteiger partial charge >= 0.3 is 190 Å². The fourth-order valence-corrected chi connectivity index (χ4v) is 24.5. The first-order chi connectivity index (χ1) is 14.8. The van der Waals surface area contributed by atoms with Gasteiger partial charge in [-0.2, -0.15) is 0 Å². The molecular formula is C26H28F4SiZr. The molecule has 32 heavy (non-hydrogen) atoms. The number of halogens is 4. The molecule has 2 aliphatic rings. The monoisotopic (exact) mass is 534 g/mol. The van der Waals surface area contributed by atoms with Crippen molar-refractivity contribution in [1.29, 1.82) is 0 Å². The van der Waals surface area contributed by atoms with E-state index in [1.807, 2.05) is 30.3 Å². The predicted octanol–water partition coefficient (Wildman–Crippen LogP) is 7.32. The summed E-state index contributed by atoms with van der Waals surface area (Å²) in [4.78, 5) is 0. The molecule has 2 aromatic carbocycles. The van der Waals surface area contributed by atoms with Crippen molar-refractivity contribution < 1.29 is 35.0 Å². The quantitative estimate of drug-likeness (QED) is 0.167. The van der Waals surface area contributed by atoms with Crippen molar-refractivity contribution in [2.24, 2.45) is 5.92 Å². The van der Waals surface area contributed by atoms with Crippen molar-refractivity contribution in [3.8, 4) is 0 Å². The molecule has 168 valence electrons. The van der Waals surface area contributed by atoms with Crippen molar-refractivity contribution in [1.82, 2.24) is 0 Å². The van der Waals surface area contributed by atoms with Crippen LogP contribution in [0.25, 0.3) is 5.57 Å². The van der Waals surface area contributed by atoms with Crippen LogP contribution in [0.1, 0.15) is 48.0 Å². The molecule has 0 saturated heterocycles. The molecule has 0 radical (unpaired) electrons. The van der Waals surface area contributed by atoms with Crippen LogP contribution in [-0.4, -0.2) is 6.88 Å². The van der Waals surface area contributed by atoms with E-state index in [0.29, 0.717) is 11.5 Å². The van der Waals surface area contributed by atoms with Crippen LogP contribution in [0.5, 0.6) is 0 Å². The third kappa shape index (κ3) is 3.24. The van der Waals surface area contributed by atoms with Gasteiger partial charge in [-0.1, -0.05) is 0 Å². The summed E-state index contributed by atoms with van der Waals surface area (Å²) in [5, 5.41) is 0. The SMILES string of the molecule is CC1=C(C)C(C)[C]([Zr]([CH3])([CH3])(=[SiH2])[CH]2C=C(c3cc(F)c(F)c(F)c3F)c3ccccc32)=C1C. The van der Waals surface area contributed by atoms with Crippen molar-refractivity contribution in [2.45, 2.75) is 40.6 Å². The van der Waals surface area contributed by atoms with E-state index in [0.717, 1.165) is 17.2 Å². The molecule has 0 fully saturated rings. The number of hydrogen-bond donors (Lipinski definition) is 0. The Morgan fingerprint density at radius 1 is 0.844 bits per heavy atom. The zero-order valence-corrected chi connectivity index (χ0v) is 23.2. The minimum absolute atomic E-state index is 0.0441. The third-order valence-electron chi connectivity index (χ3n) is 7.83. The van der Waals surface area contributed by atoms with Crippen LogP contribution in [-0.2, 0) is 17.4 Å². The van der Waals surface area contributed by atoms with Gasteiger partial charge in [-0.15, -0.1) is 0 Å². The number of rotatable bonds is 3. The van der Waals surface area contributed by atoms with Gasteiger partial charge in [0.25, 0.3) is 0 Å². The summed E-state index contributed by atoms with van der Waals surface area (Å²) in [5.41, 5.74) is 6.13. The van der Waals surface area contributed by atoms with Crippen LogP contribution in [0.2, 0.25) is 9.26 Å². The summed E-state index contributed by atoms with van der Waals surface area (Å²) in [6, 6.07) is 8.48. The van der Waals surface area contributed by atoms with E-state index in [9.17, 15) is 17.6 Å².